The van der Waals surface area contributed by atoms with E-state index in [4.69, 9.17) is 4.74 Å². The summed E-state index contributed by atoms with van der Waals surface area (Å²) in [5.41, 5.74) is 3.86. The van der Waals surface area contributed by atoms with Crippen molar-refractivity contribution in [1.29, 1.82) is 0 Å². The van der Waals surface area contributed by atoms with Crippen LogP contribution in [-0.2, 0) is 17.8 Å². The van der Waals surface area contributed by atoms with E-state index in [1.54, 1.807) is 5.38 Å². The van der Waals surface area contributed by atoms with Crippen LogP contribution in [0.1, 0.15) is 65.4 Å². The molecule has 4 rings (SSSR count). The van der Waals surface area contributed by atoms with Gasteiger partial charge in [0.05, 0.1) is 6.04 Å². The topological polar surface area (TPSA) is 71.5 Å². The number of benzene rings is 2. The summed E-state index contributed by atoms with van der Waals surface area (Å²) in [6.45, 7) is 7.63. The molecule has 0 spiro atoms. The molecule has 1 aromatic heterocycles. The summed E-state index contributed by atoms with van der Waals surface area (Å²) in [5.74, 6) is 1.11. The zero-order chi connectivity index (χ0) is 24.1. The van der Waals surface area contributed by atoms with Crippen LogP contribution in [0.2, 0.25) is 0 Å². The summed E-state index contributed by atoms with van der Waals surface area (Å²) in [6, 6.07) is 16.2. The van der Waals surface area contributed by atoms with Gasteiger partial charge in [-0.25, -0.2) is 4.98 Å². The monoisotopic (exact) mass is 477 g/mol. The fraction of sp³-hybridized carbons (Fsp3) is 0.370. The Hall–Kier alpha value is -3.19. The molecule has 2 heterocycles. The number of hydrogen-bond acceptors (Lipinski definition) is 5. The smallest absolute Gasteiger partial charge is 0.270 e. The highest BCUT2D eigenvalue weighted by Gasteiger charge is 2.31. The number of hydrogen-bond donors (Lipinski definition) is 1. The Balaban J connectivity index is 1.52. The molecule has 2 amide bonds. The number of thiazole rings is 1. The number of carbonyl (C=O) groups is 2. The van der Waals surface area contributed by atoms with Crippen molar-refractivity contribution in [2.75, 3.05) is 13.1 Å². The molecule has 34 heavy (non-hydrogen) atoms. The van der Waals surface area contributed by atoms with Crippen LogP contribution in [0.25, 0.3) is 0 Å². The van der Waals surface area contributed by atoms with Gasteiger partial charge in [-0.05, 0) is 41.2 Å². The van der Waals surface area contributed by atoms with Gasteiger partial charge in [-0.15, -0.1) is 11.3 Å². The summed E-state index contributed by atoms with van der Waals surface area (Å²) in [6.07, 6.45) is 1.30. The van der Waals surface area contributed by atoms with Gasteiger partial charge in [0.2, 0.25) is 5.91 Å². The van der Waals surface area contributed by atoms with Gasteiger partial charge in [-0.3, -0.25) is 9.59 Å². The van der Waals surface area contributed by atoms with E-state index in [2.05, 4.69) is 42.3 Å². The zero-order valence-corrected chi connectivity index (χ0v) is 20.7. The largest absolute Gasteiger partial charge is 0.486 e. The Bertz CT molecular complexity index is 1140. The first-order valence-electron chi connectivity index (χ1n) is 11.8. The third-order valence-electron chi connectivity index (χ3n) is 5.90. The number of carbonyl (C=O) groups excluding carboxylic acids is 2. The van der Waals surface area contributed by atoms with Crippen LogP contribution in [0.3, 0.4) is 0 Å². The van der Waals surface area contributed by atoms with Gasteiger partial charge in [0, 0.05) is 24.9 Å². The van der Waals surface area contributed by atoms with Crippen LogP contribution in [0.5, 0.6) is 5.75 Å². The van der Waals surface area contributed by atoms with Gasteiger partial charge >= 0.3 is 0 Å². The molecule has 7 heteroatoms. The minimum absolute atomic E-state index is 0.128. The highest BCUT2D eigenvalue weighted by molar-refractivity contribution is 7.09. The first kappa shape index (κ1) is 24.0. The second-order valence-electron chi connectivity index (χ2n) is 8.88. The molecule has 0 saturated heterocycles. The Morgan fingerprint density at radius 2 is 2.00 bits per heavy atom. The minimum atomic E-state index is -0.156. The first-order valence-corrected chi connectivity index (χ1v) is 12.7. The molecule has 1 aliphatic heterocycles. The molecule has 1 atom stereocenters. The number of aromatic nitrogens is 1. The molecule has 0 aliphatic carbocycles. The highest BCUT2D eigenvalue weighted by Crippen LogP contribution is 2.37. The Labute approximate surface area is 205 Å². The maximum Gasteiger partial charge on any atom is 0.270 e. The van der Waals surface area contributed by atoms with Crippen molar-refractivity contribution in [1.82, 2.24) is 15.2 Å². The van der Waals surface area contributed by atoms with Crippen LogP contribution in [0.15, 0.2) is 53.9 Å². The van der Waals surface area contributed by atoms with Gasteiger partial charge in [0.25, 0.3) is 5.91 Å². The minimum Gasteiger partial charge on any atom is -0.486 e. The number of ether oxygens (including phenoxy) is 1. The first-order chi connectivity index (χ1) is 16.5. The lowest BCUT2D eigenvalue weighted by atomic mass is 9.87. The van der Waals surface area contributed by atoms with E-state index in [-0.39, 0.29) is 24.5 Å². The lowest BCUT2D eigenvalue weighted by molar-refractivity contribution is -0.132. The maximum atomic E-state index is 12.8. The predicted molar refractivity (Wildman–Crippen MR) is 134 cm³/mol. The molecule has 0 saturated carbocycles. The van der Waals surface area contributed by atoms with Crippen molar-refractivity contribution in [2.24, 2.45) is 5.92 Å². The number of fused-ring (bicyclic) bond motifs is 1. The number of nitrogens with one attached hydrogen (secondary N) is 1. The van der Waals surface area contributed by atoms with E-state index in [1.165, 1.54) is 16.9 Å². The van der Waals surface area contributed by atoms with Crippen molar-refractivity contribution < 1.29 is 14.3 Å². The van der Waals surface area contributed by atoms with E-state index in [0.717, 1.165) is 28.3 Å². The SMILES string of the molecule is CCC(=O)N1CCc2ccc(OCc3nc(C(=O)NCC(C)C)cs3)cc2C1c1ccccc1. The summed E-state index contributed by atoms with van der Waals surface area (Å²) in [7, 11) is 0. The van der Waals surface area contributed by atoms with Gasteiger partial charge < -0.3 is 15.0 Å². The van der Waals surface area contributed by atoms with Gasteiger partial charge in [-0.2, -0.15) is 0 Å². The molecule has 2 aromatic carbocycles. The standard InChI is InChI=1S/C27H31N3O3S/c1-4-25(31)30-13-12-19-10-11-21(14-22(19)26(30)20-8-6-5-7-9-20)33-16-24-29-23(17-34-24)27(32)28-15-18(2)3/h5-11,14,17-18,26H,4,12-13,15-16H2,1-3H3,(H,28,32). The fourth-order valence-electron chi connectivity index (χ4n) is 4.16. The van der Waals surface area contributed by atoms with Crippen molar-refractivity contribution in [3.05, 3.63) is 81.3 Å². The van der Waals surface area contributed by atoms with Crippen LogP contribution in [0.4, 0.5) is 0 Å². The van der Waals surface area contributed by atoms with Crippen molar-refractivity contribution in [3.63, 3.8) is 0 Å². The third kappa shape index (κ3) is 5.47. The van der Waals surface area contributed by atoms with Crippen molar-refractivity contribution in [2.45, 2.75) is 46.3 Å². The van der Waals surface area contributed by atoms with E-state index < -0.39 is 0 Å². The van der Waals surface area contributed by atoms with Crippen molar-refractivity contribution in [3.8, 4) is 5.75 Å². The van der Waals surface area contributed by atoms with Crippen LogP contribution < -0.4 is 10.1 Å². The molecule has 0 fully saturated rings. The average Bonchev–Trinajstić information content (AvgIpc) is 3.34. The summed E-state index contributed by atoms with van der Waals surface area (Å²) < 4.78 is 6.07. The quantitative estimate of drug-likeness (QED) is 0.496. The van der Waals surface area contributed by atoms with Crippen LogP contribution in [0, 0.1) is 5.92 Å². The second-order valence-corrected chi connectivity index (χ2v) is 9.83. The van der Waals surface area contributed by atoms with E-state index in [1.807, 2.05) is 42.2 Å². The fourth-order valence-corrected chi connectivity index (χ4v) is 4.85. The normalized spacial score (nSPS) is 15.2. The Kier molecular flexibility index (Phi) is 7.63. The second kappa shape index (κ2) is 10.8. The Morgan fingerprint density at radius 3 is 2.74 bits per heavy atom. The molecular formula is C27H31N3O3S. The molecule has 1 unspecified atom stereocenters. The van der Waals surface area contributed by atoms with Gasteiger partial charge in [0.15, 0.2) is 0 Å². The molecular weight excluding hydrogens is 446 g/mol. The molecule has 1 aliphatic rings. The average molecular weight is 478 g/mol. The highest BCUT2D eigenvalue weighted by atomic mass is 32.1. The van der Waals surface area contributed by atoms with Gasteiger partial charge in [0.1, 0.15) is 23.1 Å². The number of rotatable bonds is 8. The van der Waals surface area contributed by atoms with E-state index in [9.17, 15) is 9.59 Å². The number of amides is 2. The zero-order valence-electron chi connectivity index (χ0n) is 19.9. The summed E-state index contributed by atoms with van der Waals surface area (Å²) in [5, 5.41) is 5.40. The number of nitrogens with zero attached hydrogens (tertiary/aromatic N) is 2. The third-order valence-corrected chi connectivity index (χ3v) is 6.72. The maximum absolute atomic E-state index is 12.8. The summed E-state index contributed by atoms with van der Waals surface area (Å²) in [4.78, 5) is 31.4. The predicted octanol–water partition coefficient (Wildman–Crippen LogP) is 4.99. The lowest BCUT2D eigenvalue weighted by Gasteiger charge is -2.38. The van der Waals surface area contributed by atoms with Crippen LogP contribution in [-0.4, -0.2) is 34.8 Å². The van der Waals surface area contributed by atoms with Gasteiger partial charge in [-0.1, -0.05) is 57.2 Å². The Morgan fingerprint density at radius 1 is 1.21 bits per heavy atom. The summed E-state index contributed by atoms with van der Waals surface area (Å²) >= 11 is 1.42. The van der Waals surface area contributed by atoms with Crippen molar-refractivity contribution >= 4 is 23.2 Å². The van der Waals surface area contributed by atoms with Crippen LogP contribution >= 0.6 is 11.3 Å². The molecule has 178 valence electrons. The molecule has 6 nitrogen and oxygen atoms in total. The molecule has 3 aromatic rings. The van der Waals surface area contributed by atoms with E-state index >= 15 is 0 Å². The molecule has 1 N–H and O–H groups in total. The lowest BCUT2D eigenvalue weighted by Crippen LogP contribution is -2.40. The molecule has 0 bridgehead atoms. The van der Waals surface area contributed by atoms with E-state index in [0.29, 0.717) is 31.1 Å². The molecule has 0 radical (unpaired) electrons.